The van der Waals surface area contributed by atoms with Gasteiger partial charge in [-0.2, -0.15) is 18.2 Å². The van der Waals surface area contributed by atoms with Crippen LogP contribution in [0.3, 0.4) is 0 Å². The third kappa shape index (κ3) is 4.51. The van der Waals surface area contributed by atoms with E-state index in [1.165, 1.54) is 11.8 Å². The van der Waals surface area contributed by atoms with Crippen LogP contribution in [0, 0.1) is 0 Å². The summed E-state index contributed by atoms with van der Waals surface area (Å²) in [7, 11) is 0. The van der Waals surface area contributed by atoms with E-state index in [4.69, 9.17) is 0 Å². The summed E-state index contributed by atoms with van der Waals surface area (Å²) in [6.45, 7) is 1.74. The number of aromatic amines is 1. The number of fused-ring (bicyclic) bond motifs is 1. The van der Waals surface area contributed by atoms with Crippen LogP contribution in [0.15, 0.2) is 61.1 Å². The van der Waals surface area contributed by atoms with Gasteiger partial charge in [0.05, 0.1) is 0 Å². The number of H-pyrrole nitrogens is 1. The molecule has 1 aliphatic heterocycles. The summed E-state index contributed by atoms with van der Waals surface area (Å²) in [5.41, 5.74) is 3.04. The van der Waals surface area contributed by atoms with E-state index in [0.29, 0.717) is 5.69 Å². The van der Waals surface area contributed by atoms with E-state index in [9.17, 15) is 13.2 Å². The highest BCUT2D eigenvalue weighted by Gasteiger charge is 2.35. The van der Waals surface area contributed by atoms with Crippen LogP contribution in [0.2, 0.25) is 0 Å². The van der Waals surface area contributed by atoms with E-state index in [2.05, 4.69) is 42.0 Å². The van der Waals surface area contributed by atoms with Crippen molar-refractivity contribution in [3.8, 4) is 0 Å². The second kappa shape index (κ2) is 8.55. The minimum absolute atomic E-state index is 0.0407. The average molecular weight is 451 g/mol. The molecule has 0 saturated heterocycles. The average Bonchev–Trinajstić information content (AvgIpc) is 3.23. The third-order valence-corrected chi connectivity index (χ3v) is 5.35. The van der Waals surface area contributed by atoms with Crippen molar-refractivity contribution >= 4 is 39.7 Å². The van der Waals surface area contributed by atoms with Crippen LogP contribution in [-0.2, 0) is 6.18 Å². The van der Waals surface area contributed by atoms with Crippen LogP contribution in [0.25, 0.3) is 16.5 Å². The first kappa shape index (κ1) is 21.0. The molecule has 0 atom stereocenters. The van der Waals surface area contributed by atoms with Gasteiger partial charge in [-0.15, -0.1) is 0 Å². The summed E-state index contributed by atoms with van der Waals surface area (Å²) >= 11 is 0. The van der Waals surface area contributed by atoms with Crippen molar-refractivity contribution in [2.24, 2.45) is 0 Å². The molecule has 4 aromatic rings. The van der Waals surface area contributed by atoms with Gasteiger partial charge in [-0.25, -0.2) is 9.97 Å². The maximum atomic E-state index is 13.5. The van der Waals surface area contributed by atoms with E-state index >= 15 is 0 Å². The zero-order valence-electron chi connectivity index (χ0n) is 17.4. The standard InChI is InChI=1S/C23H20F3N7/c24-23(25,26)18-13-30-22(33-21(18)32-20-3-1-2-8-28-20)31-15-4-5-19-16(11-15)17(12-29-19)14-6-9-27-10-7-14/h1-6,8,11-13,27,29H,7,9-10H2,(H2,28,30,31,32,33). The van der Waals surface area contributed by atoms with Crippen molar-refractivity contribution in [2.45, 2.75) is 12.6 Å². The number of hydrogen-bond donors (Lipinski definition) is 4. The van der Waals surface area contributed by atoms with Crippen molar-refractivity contribution in [2.75, 3.05) is 23.7 Å². The van der Waals surface area contributed by atoms with E-state index < -0.39 is 11.7 Å². The lowest BCUT2D eigenvalue weighted by molar-refractivity contribution is -0.137. The highest BCUT2D eigenvalue weighted by Crippen LogP contribution is 2.35. The first-order valence-electron chi connectivity index (χ1n) is 10.4. The Hall–Kier alpha value is -3.92. The Labute approximate surface area is 187 Å². The molecule has 168 valence electrons. The highest BCUT2D eigenvalue weighted by molar-refractivity contribution is 5.95. The monoisotopic (exact) mass is 451 g/mol. The summed E-state index contributed by atoms with van der Waals surface area (Å²) in [5.74, 6) is -0.0813. The SMILES string of the molecule is FC(F)(F)c1cnc(Nc2ccc3[nH]cc(C4=CCNCC4)c3c2)nc1Nc1ccccn1. The molecule has 0 amide bonds. The molecule has 0 unspecified atom stereocenters. The third-order valence-electron chi connectivity index (χ3n) is 5.35. The number of halogens is 3. The predicted octanol–water partition coefficient (Wildman–Crippen LogP) is 5.24. The van der Waals surface area contributed by atoms with Crippen LogP contribution < -0.4 is 16.0 Å². The Kier molecular flexibility index (Phi) is 5.43. The lowest BCUT2D eigenvalue weighted by Crippen LogP contribution is -2.19. The number of nitrogens with zero attached hydrogens (tertiary/aromatic N) is 3. The molecular weight excluding hydrogens is 431 g/mol. The van der Waals surface area contributed by atoms with Gasteiger partial charge < -0.3 is 20.9 Å². The summed E-state index contributed by atoms with van der Waals surface area (Å²) in [5, 5.41) is 9.99. The Bertz CT molecular complexity index is 1310. The highest BCUT2D eigenvalue weighted by atomic mass is 19.4. The molecule has 4 heterocycles. The zero-order valence-corrected chi connectivity index (χ0v) is 17.4. The lowest BCUT2D eigenvalue weighted by atomic mass is 9.99. The molecular formula is C23H20F3N7. The molecule has 1 aliphatic rings. The number of anilines is 4. The van der Waals surface area contributed by atoms with E-state index in [-0.39, 0.29) is 17.6 Å². The van der Waals surface area contributed by atoms with E-state index in [0.717, 1.165) is 42.2 Å². The van der Waals surface area contributed by atoms with Gasteiger partial charge in [-0.05, 0) is 48.9 Å². The Morgan fingerprint density at radius 3 is 2.70 bits per heavy atom. The molecule has 0 fully saturated rings. The van der Waals surface area contributed by atoms with Crippen LogP contribution in [-0.4, -0.2) is 33.0 Å². The van der Waals surface area contributed by atoms with Gasteiger partial charge in [0.15, 0.2) is 0 Å². The summed E-state index contributed by atoms with van der Waals surface area (Å²) in [6, 6.07) is 10.6. The smallest absolute Gasteiger partial charge is 0.361 e. The summed E-state index contributed by atoms with van der Waals surface area (Å²) in [6.07, 6.45) is 2.71. The topological polar surface area (TPSA) is 90.5 Å². The van der Waals surface area contributed by atoms with Crippen molar-refractivity contribution in [3.05, 3.63) is 72.2 Å². The van der Waals surface area contributed by atoms with Crippen molar-refractivity contribution in [3.63, 3.8) is 0 Å². The second-order valence-corrected chi connectivity index (χ2v) is 7.56. The first-order chi connectivity index (χ1) is 16.0. The van der Waals surface area contributed by atoms with Gasteiger partial charge in [-0.3, -0.25) is 0 Å². The fourth-order valence-corrected chi connectivity index (χ4v) is 3.76. The maximum absolute atomic E-state index is 13.5. The van der Waals surface area contributed by atoms with Gasteiger partial charge in [0.25, 0.3) is 0 Å². The Morgan fingerprint density at radius 2 is 1.94 bits per heavy atom. The quantitative estimate of drug-likeness (QED) is 0.332. The fraction of sp³-hybridized carbons (Fsp3) is 0.174. The number of benzene rings is 1. The number of aromatic nitrogens is 4. The molecule has 10 heteroatoms. The Balaban J connectivity index is 1.47. The first-order valence-corrected chi connectivity index (χ1v) is 10.4. The van der Waals surface area contributed by atoms with Gasteiger partial charge in [-0.1, -0.05) is 12.1 Å². The second-order valence-electron chi connectivity index (χ2n) is 7.56. The molecule has 7 nitrogen and oxygen atoms in total. The largest absolute Gasteiger partial charge is 0.421 e. The molecule has 0 spiro atoms. The molecule has 5 rings (SSSR count). The molecule has 0 bridgehead atoms. The van der Waals surface area contributed by atoms with Gasteiger partial charge in [0.2, 0.25) is 5.95 Å². The van der Waals surface area contributed by atoms with E-state index in [1.807, 2.05) is 24.4 Å². The van der Waals surface area contributed by atoms with Crippen LogP contribution in [0.1, 0.15) is 17.5 Å². The Morgan fingerprint density at radius 1 is 1.03 bits per heavy atom. The summed E-state index contributed by atoms with van der Waals surface area (Å²) < 4.78 is 40.5. The van der Waals surface area contributed by atoms with Crippen LogP contribution >= 0.6 is 0 Å². The molecule has 0 aliphatic carbocycles. The van der Waals surface area contributed by atoms with E-state index in [1.54, 1.807) is 18.2 Å². The number of hydrogen-bond acceptors (Lipinski definition) is 6. The normalized spacial score (nSPS) is 14.2. The van der Waals surface area contributed by atoms with Gasteiger partial charge in [0.1, 0.15) is 17.2 Å². The molecule has 1 aromatic carbocycles. The molecule has 4 N–H and O–H groups in total. The van der Waals surface area contributed by atoms with Crippen molar-refractivity contribution < 1.29 is 13.2 Å². The van der Waals surface area contributed by atoms with Crippen LogP contribution in [0.4, 0.5) is 36.4 Å². The zero-order chi connectivity index (χ0) is 22.8. The fourth-order valence-electron chi connectivity index (χ4n) is 3.76. The number of rotatable bonds is 5. The summed E-state index contributed by atoms with van der Waals surface area (Å²) in [4.78, 5) is 15.3. The minimum atomic E-state index is -4.61. The molecule has 0 radical (unpaired) electrons. The van der Waals surface area contributed by atoms with Crippen molar-refractivity contribution in [1.29, 1.82) is 0 Å². The molecule has 33 heavy (non-hydrogen) atoms. The number of alkyl halides is 3. The number of nitrogens with one attached hydrogen (secondary N) is 4. The predicted molar refractivity (Wildman–Crippen MR) is 122 cm³/mol. The lowest BCUT2D eigenvalue weighted by Gasteiger charge is -2.15. The van der Waals surface area contributed by atoms with Gasteiger partial charge in [0, 0.05) is 47.3 Å². The maximum Gasteiger partial charge on any atom is 0.421 e. The van der Waals surface area contributed by atoms with Crippen LogP contribution in [0.5, 0.6) is 0 Å². The molecule has 0 saturated carbocycles. The number of pyridine rings is 1. The van der Waals surface area contributed by atoms with Gasteiger partial charge >= 0.3 is 6.18 Å². The molecule has 3 aromatic heterocycles. The van der Waals surface area contributed by atoms with Crippen molar-refractivity contribution in [1.82, 2.24) is 25.3 Å². The minimum Gasteiger partial charge on any atom is -0.361 e.